The van der Waals surface area contributed by atoms with E-state index >= 15 is 0 Å². The number of imide groups is 1. The van der Waals surface area contributed by atoms with E-state index in [0.717, 1.165) is 10.5 Å². The third-order valence-corrected chi connectivity index (χ3v) is 6.47. The lowest BCUT2D eigenvalue weighted by molar-refractivity contribution is -0.126. The van der Waals surface area contributed by atoms with E-state index < -0.39 is 35.6 Å². The Kier molecular flexibility index (Phi) is 6.27. The van der Waals surface area contributed by atoms with Crippen LogP contribution in [0, 0.1) is 19.8 Å². The molecule has 5 rings (SSSR count). The Bertz CT molecular complexity index is 1490. The van der Waals surface area contributed by atoms with Crippen LogP contribution in [0.4, 0.5) is 5.69 Å². The van der Waals surface area contributed by atoms with Gasteiger partial charge in [0.1, 0.15) is 17.4 Å². The van der Waals surface area contributed by atoms with Gasteiger partial charge in [0.05, 0.1) is 36.3 Å². The Hall–Kier alpha value is -4.80. The van der Waals surface area contributed by atoms with Crippen molar-refractivity contribution >= 4 is 35.0 Å². The van der Waals surface area contributed by atoms with E-state index in [-0.39, 0.29) is 23.6 Å². The molecular formula is C27H24N4O7. The van der Waals surface area contributed by atoms with E-state index in [1.165, 1.54) is 11.8 Å². The average molecular weight is 517 g/mol. The van der Waals surface area contributed by atoms with Crippen molar-refractivity contribution in [3.63, 3.8) is 0 Å². The monoisotopic (exact) mass is 516 g/mol. The SMILES string of the molecule is CCOC(=O)c1nn(-c2ccc(C)cc2)c(C)c1C(=O)C1=NO[C@H]2C(=O)N(c3ccc(OC)cc3)C(=O)[C@H]12. The van der Waals surface area contributed by atoms with Crippen molar-refractivity contribution in [2.75, 3.05) is 18.6 Å². The zero-order chi connectivity index (χ0) is 27.1. The van der Waals surface area contributed by atoms with E-state index in [9.17, 15) is 19.2 Å². The molecule has 3 heterocycles. The Balaban J connectivity index is 1.53. The number of benzene rings is 2. The van der Waals surface area contributed by atoms with Crippen LogP contribution < -0.4 is 9.64 Å². The molecule has 2 atom stereocenters. The summed E-state index contributed by atoms with van der Waals surface area (Å²) in [4.78, 5) is 59.4. The first-order valence-corrected chi connectivity index (χ1v) is 11.9. The van der Waals surface area contributed by atoms with Crippen molar-refractivity contribution in [2.24, 2.45) is 11.1 Å². The molecule has 0 bridgehead atoms. The predicted molar refractivity (Wildman–Crippen MR) is 135 cm³/mol. The van der Waals surface area contributed by atoms with Crippen LogP contribution in [0.1, 0.15) is 39.0 Å². The molecule has 0 saturated carbocycles. The van der Waals surface area contributed by atoms with Crippen molar-refractivity contribution in [3.8, 4) is 11.4 Å². The van der Waals surface area contributed by atoms with Gasteiger partial charge in [0.25, 0.3) is 5.91 Å². The van der Waals surface area contributed by atoms with Gasteiger partial charge in [-0.1, -0.05) is 22.9 Å². The lowest BCUT2D eigenvalue weighted by Gasteiger charge is -2.15. The van der Waals surface area contributed by atoms with Crippen molar-refractivity contribution < 1.29 is 33.5 Å². The Morgan fingerprint density at radius 3 is 2.26 bits per heavy atom. The summed E-state index contributed by atoms with van der Waals surface area (Å²) < 4.78 is 11.7. The van der Waals surface area contributed by atoms with Gasteiger partial charge in [-0.05, 0) is 57.2 Å². The van der Waals surface area contributed by atoms with Gasteiger partial charge >= 0.3 is 5.97 Å². The summed E-state index contributed by atoms with van der Waals surface area (Å²) in [7, 11) is 1.50. The van der Waals surface area contributed by atoms with Crippen LogP contribution in [0.15, 0.2) is 53.7 Å². The Morgan fingerprint density at radius 1 is 0.974 bits per heavy atom. The number of fused-ring (bicyclic) bond motifs is 1. The molecular weight excluding hydrogens is 492 g/mol. The predicted octanol–water partition coefficient (Wildman–Crippen LogP) is 2.80. The molecule has 2 aliphatic heterocycles. The van der Waals surface area contributed by atoms with Gasteiger partial charge in [-0.25, -0.2) is 14.4 Å². The summed E-state index contributed by atoms with van der Waals surface area (Å²) >= 11 is 0. The highest BCUT2D eigenvalue weighted by Gasteiger charge is 2.58. The zero-order valence-electron chi connectivity index (χ0n) is 21.1. The van der Waals surface area contributed by atoms with Crippen molar-refractivity contribution in [2.45, 2.75) is 26.9 Å². The molecule has 3 aromatic rings. The number of ketones is 1. The van der Waals surface area contributed by atoms with Gasteiger partial charge in [0.15, 0.2) is 5.69 Å². The highest BCUT2D eigenvalue weighted by molar-refractivity contribution is 6.53. The number of amides is 2. The molecule has 2 aliphatic rings. The summed E-state index contributed by atoms with van der Waals surface area (Å²) in [5, 5.41) is 8.19. The first-order chi connectivity index (χ1) is 18.3. The lowest BCUT2D eigenvalue weighted by Crippen LogP contribution is -2.34. The number of anilines is 1. The molecule has 11 nitrogen and oxygen atoms in total. The number of hydrogen-bond acceptors (Lipinski definition) is 9. The van der Waals surface area contributed by atoms with Crippen LogP contribution in [-0.2, 0) is 19.2 Å². The third kappa shape index (κ3) is 3.92. The molecule has 0 unspecified atom stereocenters. The quantitative estimate of drug-likeness (QED) is 0.266. The smallest absolute Gasteiger partial charge is 0.359 e. The fraction of sp³-hybridized carbons (Fsp3) is 0.259. The van der Waals surface area contributed by atoms with Gasteiger partial charge in [-0.15, -0.1) is 0 Å². The number of aromatic nitrogens is 2. The van der Waals surface area contributed by atoms with Crippen molar-refractivity contribution in [1.82, 2.24) is 9.78 Å². The second-order valence-electron chi connectivity index (χ2n) is 8.80. The van der Waals surface area contributed by atoms with Crippen LogP contribution in [0.25, 0.3) is 5.69 Å². The van der Waals surface area contributed by atoms with E-state index in [2.05, 4.69) is 10.3 Å². The van der Waals surface area contributed by atoms with Crippen molar-refractivity contribution in [3.05, 3.63) is 71.0 Å². The minimum Gasteiger partial charge on any atom is -0.497 e. The fourth-order valence-electron chi connectivity index (χ4n) is 4.53. The normalized spacial score (nSPS) is 18.2. The minimum absolute atomic E-state index is 0.0709. The van der Waals surface area contributed by atoms with Crippen LogP contribution in [-0.4, -0.2) is 58.9 Å². The molecule has 1 aromatic heterocycles. The molecule has 0 spiro atoms. The lowest BCUT2D eigenvalue weighted by atomic mass is 9.92. The van der Waals surface area contributed by atoms with Crippen LogP contribution in [0.3, 0.4) is 0 Å². The average Bonchev–Trinajstić information content (AvgIpc) is 3.57. The summed E-state index contributed by atoms with van der Waals surface area (Å²) in [5.41, 5.74) is 1.73. The largest absolute Gasteiger partial charge is 0.497 e. The van der Waals surface area contributed by atoms with Gasteiger partial charge in [0.2, 0.25) is 17.8 Å². The fourth-order valence-corrected chi connectivity index (χ4v) is 4.53. The third-order valence-electron chi connectivity index (χ3n) is 6.47. The number of hydrogen-bond donors (Lipinski definition) is 0. The number of rotatable bonds is 7. The molecule has 0 aliphatic carbocycles. The number of esters is 1. The van der Waals surface area contributed by atoms with Gasteiger partial charge < -0.3 is 14.3 Å². The molecule has 11 heteroatoms. The molecule has 2 aromatic carbocycles. The van der Waals surface area contributed by atoms with Crippen LogP contribution >= 0.6 is 0 Å². The highest BCUT2D eigenvalue weighted by atomic mass is 16.7. The molecule has 1 saturated heterocycles. The number of carbonyl (C=O) groups excluding carboxylic acids is 4. The first kappa shape index (κ1) is 24.9. The number of ether oxygens (including phenoxy) is 2. The zero-order valence-corrected chi connectivity index (χ0v) is 21.1. The molecule has 0 radical (unpaired) electrons. The van der Waals surface area contributed by atoms with E-state index in [4.69, 9.17) is 14.3 Å². The highest BCUT2D eigenvalue weighted by Crippen LogP contribution is 2.35. The number of oxime groups is 1. The van der Waals surface area contributed by atoms with E-state index in [1.807, 2.05) is 19.1 Å². The Labute approximate surface area is 217 Å². The maximum atomic E-state index is 13.8. The van der Waals surface area contributed by atoms with Gasteiger partial charge in [-0.3, -0.25) is 14.4 Å². The minimum atomic E-state index is -1.29. The number of methoxy groups -OCH3 is 1. The second kappa shape index (κ2) is 9.58. The summed E-state index contributed by atoms with van der Waals surface area (Å²) in [6.45, 7) is 5.27. The van der Waals surface area contributed by atoms with E-state index in [1.54, 1.807) is 50.2 Å². The number of aryl methyl sites for hydroxylation is 1. The number of nitrogens with zero attached hydrogens (tertiary/aromatic N) is 4. The molecule has 38 heavy (non-hydrogen) atoms. The first-order valence-electron chi connectivity index (χ1n) is 11.9. The maximum absolute atomic E-state index is 13.8. The summed E-state index contributed by atoms with van der Waals surface area (Å²) in [5.74, 6) is -3.56. The van der Waals surface area contributed by atoms with Gasteiger partial charge in [0, 0.05) is 0 Å². The molecule has 194 valence electrons. The standard InChI is InChI=1S/C27H24N4O7/c1-5-37-27(35)22-19(15(3)31(28-22)17-8-6-14(2)7-9-17)23(32)21-20-24(38-29-21)26(34)30(25(20)33)16-10-12-18(36-4)13-11-16/h6-13,20,24H,5H2,1-4H3/t20-,24-/m1/s1. The van der Waals surface area contributed by atoms with Gasteiger partial charge in [-0.2, -0.15) is 5.10 Å². The topological polar surface area (TPSA) is 129 Å². The summed E-state index contributed by atoms with van der Waals surface area (Å²) in [6.07, 6.45) is -1.29. The second-order valence-corrected chi connectivity index (χ2v) is 8.80. The van der Waals surface area contributed by atoms with Crippen molar-refractivity contribution in [1.29, 1.82) is 0 Å². The molecule has 1 fully saturated rings. The maximum Gasteiger partial charge on any atom is 0.359 e. The summed E-state index contributed by atoms with van der Waals surface area (Å²) in [6, 6.07) is 13.7. The molecule has 0 N–H and O–H groups in total. The van der Waals surface area contributed by atoms with Crippen LogP contribution in [0.2, 0.25) is 0 Å². The molecule has 2 amide bonds. The van der Waals surface area contributed by atoms with E-state index in [0.29, 0.717) is 22.8 Å². The van der Waals surface area contributed by atoms with Crippen LogP contribution in [0.5, 0.6) is 5.75 Å². The Morgan fingerprint density at radius 2 is 1.63 bits per heavy atom. The number of carbonyl (C=O) groups is 4. The number of Topliss-reactive ketones (excluding diaryl/α,β-unsaturated/α-hetero) is 1.